The molecule has 2 aliphatic heterocycles. The van der Waals surface area contributed by atoms with Crippen LogP contribution in [0.4, 0.5) is 5.82 Å². The van der Waals surface area contributed by atoms with Crippen LogP contribution in [0.25, 0.3) is 32.9 Å². The third kappa shape index (κ3) is 5.31. The Morgan fingerprint density at radius 1 is 1.12 bits per heavy atom. The molecule has 2 fully saturated rings. The second-order valence-electron chi connectivity index (χ2n) is 10.7. The predicted octanol–water partition coefficient (Wildman–Crippen LogP) is 4.43. The summed E-state index contributed by atoms with van der Waals surface area (Å²) >= 11 is 0. The van der Waals surface area contributed by atoms with Gasteiger partial charge in [-0.2, -0.15) is 15.2 Å². The summed E-state index contributed by atoms with van der Waals surface area (Å²) in [5.41, 5.74) is 2.60. The van der Waals surface area contributed by atoms with E-state index in [2.05, 4.69) is 53.8 Å². The highest BCUT2D eigenvalue weighted by molar-refractivity contribution is 5.98. The van der Waals surface area contributed by atoms with E-state index < -0.39 is 0 Å². The minimum Gasteiger partial charge on any atom is -0.462 e. The highest BCUT2D eigenvalue weighted by atomic mass is 16.5. The number of rotatable bonds is 7. The van der Waals surface area contributed by atoms with Gasteiger partial charge in [0, 0.05) is 37.4 Å². The lowest BCUT2D eigenvalue weighted by Gasteiger charge is -2.41. The summed E-state index contributed by atoms with van der Waals surface area (Å²) in [4.78, 5) is 33.2. The summed E-state index contributed by atoms with van der Waals surface area (Å²) in [6, 6.07) is 19.1. The van der Waals surface area contributed by atoms with Crippen molar-refractivity contribution in [1.29, 1.82) is 5.26 Å². The number of hydrogen-bond acceptors (Lipinski definition) is 8. The summed E-state index contributed by atoms with van der Waals surface area (Å²) in [6.45, 7) is 6.70. The molecule has 0 radical (unpaired) electrons. The molecule has 1 amide bonds. The van der Waals surface area contributed by atoms with Crippen molar-refractivity contribution >= 4 is 33.4 Å². The van der Waals surface area contributed by atoms with Crippen LogP contribution in [0.2, 0.25) is 0 Å². The summed E-state index contributed by atoms with van der Waals surface area (Å²) in [5.74, 6) is 0.541. The molecule has 0 bridgehead atoms. The monoisotopic (exact) mass is 547 g/mol. The Bertz CT molecular complexity index is 1640. The number of ether oxygens (including phenoxy) is 1. The summed E-state index contributed by atoms with van der Waals surface area (Å²) in [5, 5.41) is 12.6. The molecule has 4 heterocycles. The standard InChI is InChI=1S/C32H33N7O2/c1-3-30(40)39-17-16-38(20-23(39)13-14-33)31-27-19-34-28(26-12-6-9-22-8-4-5-11-25(22)26)18-29(27)35-32(36-31)41-21-24-10-7-15-37(24)2/h3-6,8-9,11-12,18-19,23-24H,1,7,10,13,15-17,20-21H2,2H3/t23-,24-/m0/s1. The Hall–Kier alpha value is -4.55. The average Bonchev–Trinajstić information content (AvgIpc) is 3.43. The van der Waals surface area contributed by atoms with E-state index in [1.807, 2.05) is 30.5 Å². The molecule has 0 aliphatic carbocycles. The Labute approximate surface area is 239 Å². The van der Waals surface area contributed by atoms with Crippen molar-refractivity contribution < 1.29 is 9.53 Å². The van der Waals surface area contributed by atoms with Gasteiger partial charge < -0.3 is 19.4 Å². The summed E-state index contributed by atoms with van der Waals surface area (Å²) in [6.07, 6.45) is 5.60. The highest BCUT2D eigenvalue weighted by Crippen LogP contribution is 2.33. The Kier molecular flexibility index (Phi) is 7.49. The van der Waals surface area contributed by atoms with Gasteiger partial charge >= 0.3 is 6.01 Å². The van der Waals surface area contributed by atoms with Gasteiger partial charge in [-0.25, -0.2) is 0 Å². The second-order valence-corrected chi connectivity index (χ2v) is 10.7. The Morgan fingerprint density at radius 3 is 2.78 bits per heavy atom. The maximum Gasteiger partial charge on any atom is 0.319 e. The number of fused-ring (bicyclic) bond motifs is 2. The number of nitriles is 1. The smallest absolute Gasteiger partial charge is 0.319 e. The quantitative estimate of drug-likeness (QED) is 0.313. The van der Waals surface area contributed by atoms with Gasteiger partial charge in [-0.05, 0) is 49.3 Å². The van der Waals surface area contributed by atoms with Crippen LogP contribution in [-0.2, 0) is 4.79 Å². The van der Waals surface area contributed by atoms with Gasteiger partial charge in [0.05, 0.1) is 35.1 Å². The first kappa shape index (κ1) is 26.7. The number of aromatic nitrogens is 3. The molecule has 9 nitrogen and oxygen atoms in total. The lowest BCUT2D eigenvalue weighted by Crippen LogP contribution is -2.55. The Morgan fingerprint density at radius 2 is 1.98 bits per heavy atom. The van der Waals surface area contributed by atoms with E-state index in [4.69, 9.17) is 19.7 Å². The zero-order valence-electron chi connectivity index (χ0n) is 23.2. The fourth-order valence-electron chi connectivity index (χ4n) is 5.99. The SMILES string of the molecule is C=CC(=O)N1CCN(c2nc(OC[C@@H]3CCCN3C)nc3cc(-c4cccc5ccccc45)ncc23)C[C@@H]1CC#N. The third-order valence-corrected chi connectivity index (χ3v) is 8.25. The number of likely N-dealkylation sites (N-methyl/N-ethyl adjacent to an activating group) is 1. The molecule has 2 aromatic carbocycles. The normalized spacial score (nSPS) is 19.4. The van der Waals surface area contributed by atoms with E-state index in [1.54, 1.807) is 4.90 Å². The van der Waals surface area contributed by atoms with E-state index in [0.717, 1.165) is 52.3 Å². The minimum atomic E-state index is -0.274. The van der Waals surface area contributed by atoms with Gasteiger partial charge in [0.15, 0.2) is 0 Å². The highest BCUT2D eigenvalue weighted by Gasteiger charge is 2.31. The molecule has 2 aromatic heterocycles. The van der Waals surface area contributed by atoms with E-state index in [1.165, 1.54) is 6.08 Å². The van der Waals surface area contributed by atoms with Crippen LogP contribution in [0, 0.1) is 11.3 Å². The first-order valence-electron chi connectivity index (χ1n) is 14.1. The number of nitrogens with zero attached hydrogens (tertiary/aromatic N) is 7. The van der Waals surface area contributed by atoms with Gasteiger partial charge in [-0.1, -0.05) is 49.0 Å². The third-order valence-electron chi connectivity index (χ3n) is 8.25. The fourth-order valence-corrected chi connectivity index (χ4v) is 5.99. The second kappa shape index (κ2) is 11.5. The number of carbonyl (C=O) groups excluding carboxylic acids is 1. The zero-order chi connectivity index (χ0) is 28.3. The number of likely N-dealkylation sites (tertiary alicyclic amines) is 1. The van der Waals surface area contributed by atoms with Gasteiger partial charge in [-0.15, -0.1) is 0 Å². The molecule has 4 aromatic rings. The fraction of sp³-hybridized carbons (Fsp3) is 0.344. The molecule has 0 N–H and O–H groups in total. The molecule has 0 unspecified atom stereocenters. The number of anilines is 1. The number of piperazine rings is 1. The topological polar surface area (TPSA) is 98.5 Å². The molecular formula is C32H33N7O2. The molecular weight excluding hydrogens is 514 g/mol. The van der Waals surface area contributed by atoms with Crippen LogP contribution in [0.1, 0.15) is 19.3 Å². The first-order chi connectivity index (χ1) is 20.1. The van der Waals surface area contributed by atoms with Crippen LogP contribution in [0.15, 0.2) is 67.4 Å². The van der Waals surface area contributed by atoms with Gasteiger partial charge in [-0.3, -0.25) is 9.78 Å². The predicted molar refractivity (Wildman–Crippen MR) is 160 cm³/mol. The number of benzene rings is 2. The lowest BCUT2D eigenvalue weighted by molar-refractivity contribution is -0.128. The molecule has 0 spiro atoms. The molecule has 6 rings (SSSR count). The van der Waals surface area contributed by atoms with E-state index in [9.17, 15) is 10.1 Å². The Balaban J connectivity index is 1.40. The molecule has 208 valence electrons. The van der Waals surface area contributed by atoms with Gasteiger partial charge in [0.1, 0.15) is 12.4 Å². The van der Waals surface area contributed by atoms with Crippen LogP contribution in [0.3, 0.4) is 0 Å². The first-order valence-corrected chi connectivity index (χ1v) is 14.1. The molecule has 2 saturated heterocycles. The summed E-state index contributed by atoms with van der Waals surface area (Å²) in [7, 11) is 2.12. The van der Waals surface area contributed by atoms with E-state index >= 15 is 0 Å². The van der Waals surface area contributed by atoms with Gasteiger partial charge in [0.25, 0.3) is 0 Å². The van der Waals surface area contributed by atoms with Crippen LogP contribution in [-0.4, -0.2) is 82.6 Å². The largest absolute Gasteiger partial charge is 0.462 e. The number of pyridine rings is 1. The lowest BCUT2D eigenvalue weighted by atomic mass is 10.0. The number of carbonyl (C=O) groups is 1. The molecule has 2 atom stereocenters. The van der Waals surface area contributed by atoms with Crippen molar-refractivity contribution in [2.24, 2.45) is 0 Å². The van der Waals surface area contributed by atoms with Crippen molar-refractivity contribution in [2.75, 3.05) is 44.7 Å². The maximum atomic E-state index is 12.5. The number of amides is 1. The van der Waals surface area contributed by atoms with Crippen molar-refractivity contribution in [1.82, 2.24) is 24.8 Å². The average molecular weight is 548 g/mol. The minimum absolute atomic E-state index is 0.163. The van der Waals surface area contributed by atoms with Crippen molar-refractivity contribution in [3.8, 4) is 23.3 Å². The molecule has 0 saturated carbocycles. The molecule has 9 heteroatoms. The van der Waals surface area contributed by atoms with Crippen molar-refractivity contribution in [3.63, 3.8) is 0 Å². The maximum absolute atomic E-state index is 12.5. The summed E-state index contributed by atoms with van der Waals surface area (Å²) < 4.78 is 6.23. The van der Waals surface area contributed by atoms with E-state index in [0.29, 0.717) is 44.1 Å². The van der Waals surface area contributed by atoms with Crippen LogP contribution in [0.5, 0.6) is 6.01 Å². The molecule has 41 heavy (non-hydrogen) atoms. The number of hydrogen-bond donors (Lipinski definition) is 0. The molecule has 2 aliphatic rings. The van der Waals surface area contributed by atoms with Gasteiger partial charge in [0.2, 0.25) is 5.91 Å². The zero-order valence-corrected chi connectivity index (χ0v) is 23.2. The van der Waals surface area contributed by atoms with Crippen LogP contribution < -0.4 is 9.64 Å². The van der Waals surface area contributed by atoms with Crippen molar-refractivity contribution in [3.05, 3.63) is 67.4 Å². The van der Waals surface area contributed by atoms with E-state index in [-0.39, 0.29) is 18.4 Å². The van der Waals surface area contributed by atoms with Crippen LogP contribution >= 0.6 is 0 Å². The van der Waals surface area contributed by atoms with Crippen molar-refractivity contribution in [2.45, 2.75) is 31.3 Å².